The fourth-order valence-electron chi connectivity index (χ4n) is 1.29. The van der Waals surface area contributed by atoms with Crippen molar-refractivity contribution >= 4 is 55.6 Å². The molecule has 2 heterocycles. The summed E-state index contributed by atoms with van der Waals surface area (Å²) >= 11 is 8.44. The Labute approximate surface area is 145 Å². The van der Waals surface area contributed by atoms with E-state index in [0.29, 0.717) is 10.1 Å². The van der Waals surface area contributed by atoms with Crippen LogP contribution in [0.25, 0.3) is 0 Å². The summed E-state index contributed by atoms with van der Waals surface area (Å²) in [6.07, 6.45) is 3.72. The first kappa shape index (κ1) is 17.8. The van der Waals surface area contributed by atoms with Crippen LogP contribution in [-0.4, -0.2) is 46.5 Å². The number of anilines is 1. The Kier molecular flexibility index (Phi) is 5.68. The van der Waals surface area contributed by atoms with Crippen molar-refractivity contribution in [3.63, 3.8) is 0 Å². The second kappa shape index (κ2) is 7.34. The van der Waals surface area contributed by atoms with E-state index in [1.165, 1.54) is 23.1 Å². The molecule has 122 valence electrons. The Morgan fingerprint density at radius 1 is 1.52 bits per heavy atom. The van der Waals surface area contributed by atoms with Crippen molar-refractivity contribution < 1.29 is 13.2 Å². The maximum absolute atomic E-state index is 12.2. The maximum Gasteiger partial charge on any atom is 0.277 e. The lowest BCUT2D eigenvalue weighted by atomic mass is 10.4. The number of halogens is 1. The van der Waals surface area contributed by atoms with Gasteiger partial charge in [-0.3, -0.25) is 10.1 Å². The van der Waals surface area contributed by atoms with E-state index in [9.17, 15) is 13.2 Å². The average molecular weight is 392 g/mol. The molecular formula is C11H10ClN5O3S3. The number of aromatic nitrogens is 4. The van der Waals surface area contributed by atoms with Crippen LogP contribution in [-0.2, 0) is 9.84 Å². The van der Waals surface area contributed by atoms with Crippen LogP contribution in [0.15, 0.2) is 28.3 Å². The summed E-state index contributed by atoms with van der Waals surface area (Å²) in [5.41, 5.74) is -0.252. The van der Waals surface area contributed by atoms with Gasteiger partial charge in [-0.05, 0) is 0 Å². The van der Waals surface area contributed by atoms with E-state index in [2.05, 4.69) is 32.1 Å². The molecule has 2 rings (SSSR count). The molecule has 23 heavy (non-hydrogen) atoms. The molecule has 0 atom stereocenters. The second-order valence-corrected chi connectivity index (χ2v) is 8.61. The maximum atomic E-state index is 12.2. The molecule has 2 aromatic rings. The largest absolute Gasteiger partial charge is 0.295 e. The van der Waals surface area contributed by atoms with E-state index >= 15 is 0 Å². The third-order valence-electron chi connectivity index (χ3n) is 2.22. The molecule has 0 unspecified atom stereocenters. The molecule has 0 aliphatic carbocycles. The van der Waals surface area contributed by atoms with Gasteiger partial charge in [-0.1, -0.05) is 40.8 Å². The third kappa shape index (κ3) is 4.70. The van der Waals surface area contributed by atoms with Crippen LogP contribution < -0.4 is 5.32 Å². The number of nitrogens with one attached hydrogen (secondary N) is 1. The van der Waals surface area contributed by atoms with Crippen LogP contribution in [0.3, 0.4) is 0 Å². The number of amides is 1. The van der Waals surface area contributed by atoms with Crippen molar-refractivity contribution in [3.8, 4) is 0 Å². The van der Waals surface area contributed by atoms with Crippen LogP contribution in [0, 0.1) is 0 Å². The quantitative estimate of drug-likeness (QED) is 0.343. The monoisotopic (exact) mass is 391 g/mol. The van der Waals surface area contributed by atoms with Gasteiger partial charge in [-0.2, -0.15) is 0 Å². The van der Waals surface area contributed by atoms with E-state index in [1.807, 2.05) is 0 Å². The van der Waals surface area contributed by atoms with Crippen LogP contribution in [0.2, 0.25) is 5.02 Å². The number of sulfone groups is 1. The van der Waals surface area contributed by atoms with Gasteiger partial charge in [0.05, 0.1) is 11.2 Å². The highest BCUT2D eigenvalue weighted by atomic mass is 35.5. The summed E-state index contributed by atoms with van der Waals surface area (Å²) < 4.78 is 23.6. The normalized spacial score (nSPS) is 11.2. The molecular weight excluding hydrogens is 382 g/mol. The van der Waals surface area contributed by atoms with Gasteiger partial charge in [0.1, 0.15) is 0 Å². The molecule has 0 spiro atoms. The summed E-state index contributed by atoms with van der Waals surface area (Å²) in [5, 5.41) is 9.87. The minimum atomic E-state index is -3.65. The zero-order valence-electron chi connectivity index (χ0n) is 11.7. The molecule has 0 bridgehead atoms. The number of nitrogens with zero attached hydrogens (tertiary/aromatic N) is 4. The Balaban J connectivity index is 2.20. The summed E-state index contributed by atoms with van der Waals surface area (Å²) in [6.45, 7) is 3.60. The van der Waals surface area contributed by atoms with E-state index < -0.39 is 20.9 Å². The Hall–Kier alpha value is -1.56. The van der Waals surface area contributed by atoms with E-state index in [4.69, 9.17) is 11.6 Å². The topological polar surface area (TPSA) is 115 Å². The zero-order valence-corrected chi connectivity index (χ0v) is 14.9. The Bertz CT molecular complexity index is 852. The van der Waals surface area contributed by atoms with Gasteiger partial charge in [-0.25, -0.2) is 18.4 Å². The van der Waals surface area contributed by atoms with Gasteiger partial charge >= 0.3 is 0 Å². The predicted molar refractivity (Wildman–Crippen MR) is 88.9 cm³/mol. The first-order chi connectivity index (χ1) is 10.8. The number of thioether (sulfide) groups is 1. The first-order valence-electron chi connectivity index (χ1n) is 5.92. The third-order valence-corrected chi connectivity index (χ3v) is 5.32. The van der Waals surface area contributed by atoms with Crippen LogP contribution >= 0.6 is 34.7 Å². The number of hydrogen-bond acceptors (Lipinski definition) is 9. The molecule has 0 aromatic carbocycles. The molecule has 0 aliphatic rings. The fourth-order valence-corrected chi connectivity index (χ4v) is 3.48. The average Bonchev–Trinajstić information content (AvgIpc) is 2.91. The SMILES string of the molecule is C=CCSc1nnc(NC(=O)c2nc(S(C)(=O)=O)ncc2Cl)s1. The van der Waals surface area contributed by atoms with Crippen LogP contribution in [0.1, 0.15) is 10.5 Å². The highest BCUT2D eigenvalue weighted by Crippen LogP contribution is 2.26. The summed E-state index contributed by atoms with van der Waals surface area (Å²) in [4.78, 5) is 19.5. The lowest BCUT2D eigenvalue weighted by Gasteiger charge is -2.04. The van der Waals surface area contributed by atoms with Gasteiger partial charge in [0.15, 0.2) is 10.0 Å². The molecule has 0 fully saturated rings. The van der Waals surface area contributed by atoms with Crippen molar-refractivity contribution in [2.75, 3.05) is 17.3 Å². The van der Waals surface area contributed by atoms with Crippen molar-refractivity contribution in [1.29, 1.82) is 0 Å². The van der Waals surface area contributed by atoms with Crippen LogP contribution in [0.5, 0.6) is 0 Å². The molecule has 1 N–H and O–H groups in total. The molecule has 0 radical (unpaired) electrons. The van der Waals surface area contributed by atoms with Gasteiger partial charge < -0.3 is 0 Å². The fraction of sp³-hybridized carbons (Fsp3) is 0.182. The minimum Gasteiger partial charge on any atom is -0.295 e. The van der Waals surface area contributed by atoms with Crippen molar-refractivity contribution in [2.24, 2.45) is 0 Å². The van der Waals surface area contributed by atoms with Gasteiger partial charge in [-0.15, -0.1) is 16.8 Å². The van der Waals surface area contributed by atoms with Gasteiger partial charge in [0, 0.05) is 12.0 Å². The number of rotatable bonds is 6. The zero-order chi connectivity index (χ0) is 17.0. The molecule has 0 aliphatic heterocycles. The van der Waals surface area contributed by atoms with Crippen molar-refractivity contribution in [1.82, 2.24) is 20.2 Å². The number of carbonyl (C=O) groups excluding carboxylic acids is 1. The molecule has 2 aromatic heterocycles. The van der Waals surface area contributed by atoms with E-state index in [1.54, 1.807) is 6.08 Å². The second-order valence-electron chi connectivity index (χ2n) is 4.05. The molecule has 0 saturated carbocycles. The molecule has 8 nitrogen and oxygen atoms in total. The molecule has 12 heteroatoms. The van der Waals surface area contributed by atoms with E-state index in [0.717, 1.165) is 12.5 Å². The lowest BCUT2D eigenvalue weighted by molar-refractivity contribution is 0.102. The van der Waals surface area contributed by atoms with E-state index in [-0.39, 0.29) is 15.8 Å². The smallest absolute Gasteiger partial charge is 0.277 e. The molecule has 1 amide bonds. The highest BCUT2D eigenvalue weighted by Gasteiger charge is 2.20. The minimum absolute atomic E-state index is 0.0688. The Morgan fingerprint density at radius 2 is 2.26 bits per heavy atom. The lowest BCUT2D eigenvalue weighted by Crippen LogP contribution is -2.17. The summed E-state index contributed by atoms with van der Waals surface area (Å²) in [7, 11) is -3.65. The van der Waals surface area contributed by atoms with Crippen molar-refractivity contribution in [3.05, 3.63) is 29.6 Å². The Morgan fingerprint density at radius 3 is 2.91 bits per heavy atom. The van der Waals surface area contributed by atoms with Crippen LogP contribution in [0.4, 0.5) is 5.13 Å². The standard InChI is InChI=1S/C11H10ClN5O3S3/c1-3-4-21-11-17-16-9(22-11)15-8(18)7-6(12)5-13-10(14-7)23(2,19)20/h3,5H,1,4H2,2H3,(H,15,16,18). The highest BCUT2D eigenvalue weighted by molar-refractivity contribution is 8.01. The van der Waals surface area contributed by atoms with Crippen molar-refractivity contribution in [2.45, 2.75) is 9.50 Å². The predicted octanol–water partition coefficient (Wildman–Crippen LogP) is 1.92. The van der Waals surface area contributed by atoms with Gasteiger partial charge in [0.2, 0.25) is 20.1 Å². The molecule has 0 saturated heterocycles. The number of carbonyl (C=O) groups is 1. The van der Waals surface area contributed by atoms with Gasteiger partial charge in [0.25, 0.3) is 5.91 Å². The first-order valence-corrected chi connectivity index (χ1v) is 9.99. The summed E-state index contributed by atoms with van der Waals surface area (Å²) in [6, 6.07) is 0. The summed E-state index contributed by atoms with van der Waals surface area (Å²) in [5.74, 6) is -0.0309. The number of hydrogen-bond donors (Lipinski definition) is 1.